The molecule has 2 amide bonds. The Morgan fingerprint density at radius 2 is 1.54 bits per heavy atom. The van der Waals surface area contributed by atoms with Crippen molar-refractivity contribution in [2.45, 2.75) is 26.1 Å². The predicted molar refractivity (Wildman–Crippen MR) is 98.1 cm³/mol. The van der Waals surface area contributed by atoms with Crippen LogP contribution in [0.3, 0.4) is 0 Å². The van der Waals surface area contributed by atoms with Gasteiger partial charge in [0.1, 0.15) is 5.75 Å². The second-order valence-electron chi connectivity index (χ2n) is 6.20. The number of halogens is 3. The summed E-state index contributed by atoms with van der Waals surface area (Å²) >= 11 is 0. The van der Waals surface area contributed by atoms with Gasteiger partial charge in [0.05, 0.1) is 5.56 Å². The Morgan fingerprint density at radius 1 is 0.964 bits per heavy atom. The average molecular weight is 394 g/mol. The maximum Gasteiger partial charge on any atom is 0.416 e. The Hall–Kier alpha value is -3.03. The lowest BCUT2D eigenvalue weighted by atomic mass is 10.1. The molecule has 0 aromatic heterocycles. The first kappa shape index (κ1) is 21.3. The lowest BCUT2D eigenvalue weighted by Gasteiger charge is -2.15. The predicted octanol–water partition coefficient (Wildman–Crippen LogP) is 3.33. The quantitative estimate of drug-likeness (QED) is 0.708. The van der Waals surface area contributed by atoms with Crippen molar-refractivity contribution in [2.75, 3.05) is 13.1 Å². The van der Waals surface area contributed by atoms with E-state index in [1.165, 1.54) is 0 Å². The average Bonchev–Trinajstić information content (AvgIpc) is 2.66. The highest BCUT2D eigenvalue weighted by Crippen LogP contribution is 2.29. The Balaban J connectivity index is 1.73. The summed E-state index contributed by atoms with van der Waals surface area (Å²) in [5.41, 5.74) is 0.363. The molecule has 150 valence electrons. The van der Waals surface area contributed by atoms with Gasteiger partial charge >= 0.3 is 6.18 Å². The van der Waals surface area contributed by atoms with Gasteiger partial charge in [-0.15, -0.1) is 0 Å². The minimum atomic E-state index is -4.45. The monoisotopic (exact) mass is 394 g/mol. The van der Waals surface area contributed by atoms with Crippen LogP contribution < -0.4 is 15.4 Å². The molecule has 1 unspecified atom stereocenters. The van der Waals surface area contributed by atoms with Crippen molar-refractivity contribution in [3.05, 3.63) is 65.2 Å². The normalized spacial score (nSPS) is 12.2. The number of aryl methyl sites for hydroxylation is 1. The molecule has 0 fully saturated rings. The standard InChI is InChI=1S/C20H21F3N2O3/c1-13-3-9-17(10-4-13)28-14(2)18(26)24-11-12-25-19(27)15-5-7-16(8-6-15)20(21,22)23/h3-10,14H,11-12H2,1-2H3,(H,24,26)(H,25,27). The number of benzene rings is 2. The van der Waals surface area contributed by atoms with Crippen LogP contribution in [0.1, 0.15) is 28.4 Å². The molecule has 0 aliphatic heterocycles. The summed E-state index contributed by atoms with van der Waals surface area (Å²) in [6, 6.07) is 11.2. The Kier molecular flexibility index (Phi) is 7.03. The smallest absolute Gasteiger partial charge is 0.416 e. The summed E-state index contributed by atoms with van der Waals surface area (Å²) in [7, 11) is 0. The maximum atomic E-state index is 12.5. The van der Waals surface area contributed by atoms with E-state index in [1.54, 1.807) is 19.1 Å². The highest BCUT2D eigenvalue weighted by molar-refractivity contribution is 5.94. The van der Waals surface area contributed by atoms with E-state index in [4.69, 9.17) is 4.74 Å². The topological polar surface area (TPSA) is 67.4 Å². The van der Waals surface area contributed by atoms with Crippen LogP contribution in [0.4, 0.5) is 13.2 Å². The number of hydrogen-bond acceptors (Lipinski definition) is 3. The largest absolute Gasteiger partial charge is 0.481 e. The molecule has 0 spiro atoms. The number of nitrogens with one attached hydrogen (secondary N) is 2. The molecule has 0 aliphatic carbocycles. The maximum absolute atomic E-state index is 12.5. The molecule has 2 aromatic carbocycles. The first-order valence-corrected chi connectivity index (χ1v) is 8.63. The number of carbonyl (C=O) groups excluding carboxylic acids is 2. The molecular weight excluding hydrogens is 373 g/mol. The summed E-state index contributed by atoms with van der Waals surface area (Å²) in [5.74, 6) is -0.292. The first-order chi connectivity index (χ1) is 13.2. The fourth-order valence-corrected chi connectivity index (χ4v) is 2.29. The molecule has 0 aliphatic rings. The van der Waals surface area contributed by atoms with Crippen LogP contribution in [0, 0.1) is 6.92 Å². The van der Waals surface area contributed by atoms with Crippen molar-refractivity contribution < 1.29 is 27.5 Å². The fourth-order valence-electron chi connectivity index (χ4n) is 2.29. The number of ether oxygens (including phenoxy) is 1. The van der Waals surface area contributed by atoms with E-state index in [0.717, 1.165) is 29.8 Å². The Bertz CT molecular complexity index is 803. The van der Waals surface area contributed by atoms with E-state index in [9.17, 15) is 22.8 Å². The van der Waals surface area contributed by atoms with Gasteiger partial charge in [-0.05, 0) is 50.2 Å². The highest BCUT2D eigenvalue weighted by Gasteiger charge is 2.30. The molecule has 28 heavy (non-hydrogen) atoms. The van der Waals surface area contributed by atoms with Crippen LogP contribution in [0.5, 0.6) is 5.75 Å². The summed E-state index contributed by atoms with van der Waals surface area (Å²) in [4.78, 5) is 23.9. The van der Waals surface area contributed by atoms with Gasteiger partial charge in [-0.2, -0.15) is 13.2 Å². The van der Waals surface area contributed by atoms with Crippen LogP contribution in [0.15, 0.2) is 48.5 Å². The summed E-state index contributed by atoms with van der Waals surface area (Å²) in [6.07, 6.45) is -5.16. The molecule has 0 saturated heterocycles. The SMILES string of the molecule is Cc1ccc(OC(C)C(=O)NCCNC(=O)c2ccc(C(F)(F)F)cc2)cc1. The first-order valence-electron chi connectivity index (χ1n) is 8.63. The van der Waals surface area contributed by atoms with Gasteiger partial charge in [0.25, 0.3) is 11.8 Å². The molecule has 0 bridgehead atoms. The third kappa shape index (κ3) is 6.29. The molecule has 0 heterocycles. The van der Waals surface area contributed by atoms with Gasteiger partial charge in [0.2, 0.25) is 0 Å². The van der Waals surface area contributed by atoms with Crippen LogP contribution in [0.2, 0.25) is 0 Å². The summed E-state index contributed by atoms with van der Waals surface area (Å²) < 4.78 is 43.1. The van der Waals surface area contributed by atoms with Gasteiger partial charge in [-0.25, -0.2) is 0 Å². The molecule has 8 heteroatoms. The van der Waals surface area contributed by atoms with E-state index < -0.39 is 23.8 Å². The molecule has 2 N–H and O–H groups in total. The number of hydrogen-bond donors (Lipinski definition) is 2. The number of amides is 2. The van der Waals surface area contributed by atoms with Crippen molar-refractivity contribution in [1.29, 1.82) is 0 Å². The molecule has 5 nitrogen and oxygen atoms in total. The second-order valence-corrected chi connectivity index (χ2v) is 6.20. The van der Waals surface area contributed by atoms with Crippen LogP contribution in [0.25, 0.3) is 0 Å². The third-order valence-corrected chi connectivity index (χ3v) is 3.89. The zero-order chi connectivity index (χ0) is 20.7. The minimum Gasteiger partial charge on any atom is -0.481 e. The van der Waals surface area contributed by atoms with Crippen LogP contribution >= 0.6 is 0 Å². The zero-order valence-electron chi connectivity index (χ0n) is 15.5. The fraction of sp³-hybridized carbons (Fsp3) is 0.300. The number of rotatable bonds is 7. The molecule has 2 aromatic rings. The Morgan fingerprint density at radius 3 is 2.11 bits per heavy atom. The lowest BCUT2D eigenvalue weighted by Crippen LogP contribution is -2.40. The van der Waals surface area contributed by atoms with Gasteiger partial charge in [-0.3, -0.25) is 9.59 Å². The van der Waals surface area contributed by atoms with Crippen molar-refractivity contribution in [3.8, 4) is 5.75 Å². The molecule has 0 saturated carbocycles. The van der Waals surface area contributed by atoms with E-state index in [1.807, 2.05) is 19.1 Å². The van der Waals surface area contributed by atoms with E-state index in [0.29, 0.717) is 5.75 Å². The molecule has 2 rings (SSSR count). The summed E-state index contributed by atoms with van der Waals surface area (Å²) in [6.45, 7) is 3.84. The minimum absolute atomic E-state index is 0.107. The van der Waals surface area contributed by atoms with Gasteiger partial charge < -0.3 is 15.4 Å². The van der Waals surface area contributed by atoms with Gasteiger partial charge in [0.15, 0.2) is 6.10 Å². The second kappa shape index (κ2) is 9.25. The highest BCUT2D eigenvalue weighted by atomic mass is 19.4. The molecule has 1 atom stereocenters. The van der Waals surface area contributed by atoms with Gasteiger partial charge in [0, 0.05) is 18.7 Å². The van der Waals surface area contributed by atoms with E-state index in [2.05, 4.69) is 10.6 Å². The van der Waals surface area contributed by atoms with Crippen molar-refractivity contribution in [2.24, 2.45) is 0 Å². The van der Waals surface area contributed by atoms with Crippen LogP contribution in [-0.2, 0) is 11.0 Å². The van der Waals surface area contributed by atoms with Crippen molar-refractivity contribution in [3.63, 3.8) is 0 Å². The zero-order valence-corrected chi connectivity index (χ0v) is 15.5. The summed E-state index contributed by atoms with van der Waals surface area (Å²) in [5, 5.41) is 5.15. The van der Waals surface area contributed by atoms with E-state index in [-0.39, 0.29) is 24.6 Å². The third-order valence-electron chi connectivity index (χ3n) is 3.89. The Labute approximate surface area is 160 Å². The van der Waals surface area contributed by atoms with Crippen molar-refractivity contribution >= 4 is 11.8 Å². The number of alkyl halides is 3. The van der Waals surface area contributed by atoms with Crippen LogP contribution in [-0.4, -0.2) is 31.0 Å². The van der Waals surface area contributed by atoms with Crippen molar-refractivity contribution in [1.82, 2.24) is 10.6 Å². The van der Waals surface area contributed by atoms with E-state index >= 15 is 0 Å². The lowest BCUT2D eigenvalue weighted by molar-refractivity contribution is -0.137. The number of carbonyl (C=O) groups is 2. The molecular formula is C20H21F3N2O3. The van der Waals surface area contributed by atoms with Gasteiger partial charge in [-0.1, -0.05) is 17.7 Å². The molecule has 0 radical (unpaired) electrons.